The average molecular weight is 280 g/mol. The van der Waals surface area contributed by atoms with Gasteiger partial charge in [0, 0.05) is 36.3 Å². The quantitative estimate of drug-likeness (QED) is 0.914. The first-order chi connectivity index (χ1) is 9.65. The molecule has 1 aromatic rings. The number of piperidine rings is 1. The molecule has 0 saturated carbocycles. The fraction of sp³-hybridized carbons (Fsp3) is 0.625. The number of benzene rings is 1. The number of hydrogen-bond acceptors (Lipinski definition) is 2. The van der Waals surface area contributed by atoms with E-state index in [1.165, 1.54) is 31.9 Å². The minimum absolute atomic E-state index is 0.0810. The van der Waals surface area contributed by atoms with Gasteiger partial charge in [0.1, 0.15) is 11.6 Å². The van der Waals surface area contributed by atoms with E-state index in [0.29, 0.717) is 17.6 Å². The Morgan fingerprint density at radius 3 is 2.85 bits per heavy atom. The second-order valence-electron chi connectivity index (χ2n) is 6.05. The number of fused-ring (bicyclic) bond motifs is 1. The Labute approximate surface area is 119 Å². The maximum Gasteiger partial charge on any atom is 0.130 e. The number of nitrogens with zero attached hydrogens (tertiary/aromatic N) is 1. The monoisotopic (exact) mass is 280 g/mol. The Bertz CT molecular complexity index is 478. The van der Waals surface area contributed by atoms with Gasteiger partial charge in [-0.3, -0.25) is 4.90 Å². The predicted octanol–water partition coefficient (Wildman–Crippen LogP) is 3.24. The van der Waals surface area contributed by atoms with Gasteiger partial charge < -0.3 is 5.32 Å². The van der Waals surface area contributed by atoms with Crippen LogP contribution in [0.25, 0.3) is 0 Å². The van der Waals surface area contributed by atoms with Crippen molar-refractivity contribution in [3.8, 4) is 0 Å². The maximum absolute atomic E-state index is 13.8. The van der Waals surface area contributed by atoms with Crippen molar-refractivity contribution in [2.75, 3.05) is 13.1 Å². The molecule has 0 aromatic heterocycles. The van der Waals surface area contributed by atoms with E-state index in [1.807, 2.05) is 6.92 Å². The van der Waals surface area contributed by atoms with E-state index in [9.17, 15) is 8.78 Å². The van der Waals surface area contributed by atoms with Crippen LogP contribution in [0, 0.1) is 11.6 Å². The van der Waals surface area contributed by atoms with E-state index in [0.717, 1.165) is 19.0 Å². The SMILES string of the molecule is CC(NC1CCN2CCCCC12)c1ccc(F)cc1F. The third kappa shape index (κ3) is 2.72. The standard InChI is InChI=1S/C16H22F2N2/c1-11(13-6-5-12(17)10-14(13)18)19-15-7-9-20-8-3-2-4-16(15)20/h5-6,10-11,15-16,19H,2-4,7-9H2,1H3. The highest BCUT2D eigenvalue weighted by atomic mass is 19.1. The van der Waals surface area contributed by atoms with E-state index in [4.69, 9.17) is 0 Å². The molecule has 110 valence electrons. The minimum atomic E-state index is -0.516. The van der Waals surface area contributed by atoms with Crippen molar-refractivity contribution in [3.63, 3.8) is 0 Å². The fourth-order valence-corrected chi connectivity index (χ4v) is 3.71. The summed E-state index contributed by atoms with van der Waals surface area (Å²) in [6.07, 6.45) is 4.94. The lowest BCUT2D eigenvalue weighted by atomic mass is 9.97. The van der Waals surface area contributed by atoms with Crippen molar-refractivity contribution < 1.29 is 8.78 Å². The molecular weight excluding hydrogens is 258 g/mol. The molecule has 0 aliphatic carbocycles. The minimum Gasteiger partial charge on any atom is -0.306 e. The Hall–Kier alpha value is -1.00. The van der Waals surface area contributed by atoms with Gasteiger partial charge in [-0.1, -0.05) is 12.5 Å². The summed E-state index contributed by atoms with van der Waals surface area (Å²) in [6.45, 7) is 4.30. The number of hydrogen-bond donors (Lipinski definition) is 1. The highest BCUT2D eigenvalue weighted by Gasteiger charge is 2.36. The lowest BCUT2D eigenvalue weighted by Crippen LogP contribution is -2.45. The lowest BCUT2D eigenvalue weighted by Gasteiger charge is -2.34. The molecule has 3 unspecified atom stereocenters. The van der Waals surface area contributed by atoms with Crippen LogP contribution in [0.15, 0.2) is 18.2 Å². The molecule has 0 bridgehead atoms. The van der Waals surface area contributed by atoms with Crippen molar-refractivity contribution in [2.24, 2.45) is 0 Å². The topological polar surface area (TPSA) is 15.3 Å². The van der Waals surface area contributed by atoms with Crippen LogP contribution in [0.2, 0.25) is 0 Å². The molecule has 4 heteroatoms. The highest BCUT2D eigenvalue weighted by Crippen LogP contribution is 2.29. The summed E-state index contributed by atoms with van der Waals surface area (Å²) in [6, 6.07) is 4.79. The van der Waals surface area contributed by atoms with Crippen LogP contribution in [-0.4, -0.2) is 30.1 Å². The van der Waals surface area contributed by atoms with Gasteiger partial charge in [0.25, 0.3) is 0 Å². The summed E-state index contributed by atoms with van der Waals surface area (Å²) in [5.74, 6) is -0.971. The Balaban J connectivity index is 1.68. The summed E-state index contributed by atoms with van der Waals surface area (Å²) in [5.41, 5.74) is 0.556. The van der Waals surface area contributed by atoms with Gasteiger partial charge >= 0.3 is 0 Å². The third-order valence-corrected chi connectivity index (χ3v) is 4.75. The zero-order valence-corrected chi connectivity index (χ0v) is 11.9. The molecule has 0 spiro atoms. The zero-order valence-electron chi connectivity index (χ0n) is 11.9. The highest BCUT2D eigenvalue weighted by molar-refractivity contribution is 5.22. The molecule has 2 nitrogen and oxygen atoms in total. The number of halogens is 2. The Morgan fingerprint density at radius 2 is 2.05 bits per heavy atom. The fourth-order valence-electron chi connectivity index (χ4n) is 3.71. The Morgan fingerprint density at radius 1 is 1.20 bits per heavy atom. The Kier molecular flexibility index (Phi) is 4.03. The van der Waals surface area contributed by atoms with Crippen molar-refractivity contribution in [1.29, 1.82) is 0 Å². The normalized spacial score (nSPS) is 28.4. The van der Waals surface area contributed by atoms with E-state index < -0.39 is 11.6 Å². The molecule has 0 amide bonds. The van der Waals surface area contributed by atoms with E-state index in [2.05, 4.69) is 10.2 Å². The molecule has 2 heterocycles. The molecule has 3 atom stereocenters. The summed E-state index contributed by atoms with van der Waals surface area (Å²) in [4.78, 5) is 2.55. The van der Waals surface area contributed by atoms with Gasteiger partial charge in [-0.2, -0.15) is 0 Å². The van der Waals surface area contributed by atoms with Crippen LogP contribution in [0.1, 0.15) is 44.2 Å². The van der Waals surface area contributed by atoms with Crippen LogP contribution in [0.3, 0.4) is 0 Å². The largest absolute Gasteiger partial charge is 0.306 e. The van der Waals surface area contributed by atoms with Crippen molar-refractivity contribution in [2.45, 2.75) is 50.7 Å². The molecule has 1 N–H and O–H groups in total. The van der Waals surface area contributed by atoms with Gasteiger partial charge in [0.2, 0.25) is 0 Å². The molecule has 2 saturated heterocycles. The molecule has 2 fully saturated rings. The smallest absolute Gasteiger partial charge is 0.130 e. The van der Waals surface area contributed by atoms with Crippen molar-refractivity contribution >= 4 is 0 Å². The molecule has 2 aliphatic rings. The number of nitrogens with one attached hydrogen (secondary N) is 1. The summed E-state index contributed by atoms with van der Waals surface area (Å²) in [7, 11) is 0. The lowest BCUT2D eigenvalue weighted by molar-refractivity contribution is 0.177. The molecule has 2 aliphatic heterocycles. The maximum atomic E-state index is 13.8. The van der Waals surface area contributed by atoms with Gasteiger partial charge in [0.15, 0.2) is 0 Å². The molecule has 20 heavy (non-hydrogen) atoms. The molecular formula is C16H22F2N2. The van der Waals surface area contributed by atoms with E-state index in [1.54, 1.807) is 6.07 Å². The van der Waals surface area contributed by atoms with Gasteiger partial charge in [0.05, 0.1) is 0 Å². The van der Waals surface area contributed by atoms with Crippen LogP contribution in [0.4, 0.5) is 8.78 Å². The van der Waals surface area contributed by atoms with Crippen LogP contribution in [-0.2, 0) is 0 Å². The van der Waals surface area contributed by atoms with E-state index in [-0.39, 0.29) is 6.04 Å². The van der Waals surface area contributed by atoms with Crippen molar-refractivity contribution in [3.05, 3.63) is 35.4 Å². The zero-order chi connectivity index (χ0) is 14.1. The van der Waals surface area contributed by atoms with Gasteiger partial charge in [-0.05, 0) is 38.8 Å². The molecule has 1 aromatic carbocycles. The number of rotatable bonds is 3. The summed E-state index contributed by atoms with van der Waals surface area (Å²) < 4.78 is 26.8. The van der Waals surface area contributed by atoms with Gasteiger partial charge in [-0.25, -0.2) is 8.78 Å². The molecule has 0 radical (unpaired) electrons. The first-order valence-corrected chi connectivity index (χ1v) is 7.60. The average Bonchev–Trinajstić information content (AvgIpc) is 2.82. The second kappa shape index (κ2) is 5.78. The summed E-state index contributed by atoms with van der Waals surface area (Å²) in [5, 5.41) is 3.55. The van der Waals surface area contributed by atoms with Crippen LogP contribution >= 0.6 is 0 Å². The second-order valence-corrected chi connectivity index (χ2v) is 6.05. The first kappa shape index (κ1) is 14.0. The van der Waals surface area contributed by atoms with Crippen LogP contribution in [0.5, 0.6) is 0 Å². The van der Waals surface area contributed by atoms with Gasteiger partial charge in [-0.15, -0.1) is 0 Å². The van der Waals surface area contributed by atoms with E-state index >= 15 is 0 Å². The predicted molar refractivity (Wildman–Crippen MR) is 75.5 cm³/mol. The molecule has 3 rings (SSSR count). The third-order valence-electron chi connectivity index (χ3n) is 4.75. The first-order valence-electron chi connectivity index (χ1n) is 7.60. The summed E-state index contributed by atoms with van der Waals surface area (Å²) >= 11 is 0. The van der Waals surface area contributed by atoms with Crippen LogP contribution < -0.4 is 5.32 Å². The van der Waals surface area contributed by atoms with Crippen molar-refractivity contribution in [1.82, 2.24) is 10.2 Å².